The van der Waals surface area contributed by atoms with Crippen molar-refractivity contribution in [2.75, 3.05) is 0 Å². The molecule has 1 aromatic heterocycles. The van der Waals surface area contributed by atoms with Crippen molar-refractivity contribution in [2.45, 2.75) is 12.2 Å². The first-order valence-corrected chi connectivity index (χ1v) is 4.11. The maximum absolute atomic E-state index is 5.30. The molecule has 0 spiro atoms. The second-order valence-electron chi connectivity index (χ2n) is 2.27. The summed E-state index contributed by atoms with van der Waals surface area (Å²) in [5, 5.41) is 2.07. The van der Waals surface area contributed by atoms with Crippen molar-refractivity contribution in [1.82, 2.24) is 0 Å². The molecule has 0 N–H and O–H groups in total. The Bertz CT molecular complexity index is 227. The third-order valence-corrected chi connectivity index (χ3v) is 2.52. The zero-order valence-electron chi connectivity index (χ0n) is 5.49. The van der Waals surface area contributed by atoms with E-state index < -0.39 is 0 Å². The molecule has 1 aliphatic rings. The van der Waals surface area contributed by atoms with Crippen molar-refractivity contribution in [3.8, 4) is 0 Å². The third-order valence-electron chi connectivity index (χ3n) is 1.58. The van der Waals surface area contributed by atoms with Crippen molar-refractivity contribution in [3.05, 3.63) is 35.0 Å². The van der Waals surface area contributed by atoms with Crippen LogP contribution in [0, 0.1) is 0 Å². The molecular formula is C8H8OS. The molecule has 2 heteroatoms. The molecule has 0 amide bonds. The van der Waals surface area contributed by atoms with E-state index in [-0.39, 0.29) is 6.10 Å². The van der Waals surface area contributed by atoms with E-state index in [9.17, 15) is 0 Å². The van der Waals surface area contributed by atoms with Gasteiger partial charge in [0.15, 0.2) is 0 Å². The number of thiophene rings is 1. The van der Waals surface area contributed by atoms with Crippen molar-refractivity contribution in [3.63, 3.8) is 0 Å². The molecule has 0 saturated carbocycles. The standard InChI is InChI=1S/C8H8OS/c1-2-6-8(9-6)7-4-3-5-10-7/h2-6,8H,1H2/t6-,8-/m1/s1. The minimum Gasteiger partial charge on any atom is -0.359 e. The Hall–Kier alpha value is -0.600. The Labute approximate surface area is 63.9 Å². The van der Waals surface area contributed by atoms with Gasteiger partial charge in [-0.3, -0.25) is 0 Å². The summed E-state index contributed by atoms with van der Waals surface area (Å²) >= 11 is 1.74. The van der Waals surface area contributed by atoms with Gasteiger partial charge in [0.05, 0.1) is 0 Å². The van der Waals surface area contributed by atoms with Crippen LogP contribution in [0.3, 0.4) is 0 Å². The van der Waals surface area contributed by atoms with Gasteiger partial charge in [0.25, 0.3) is 0 Å². The highest BCUT2D eigenvalue weighted by Gasteiger charge is 2.37. The first-order chi connectivity index (χ1) is 4.92. The zero-order valence-corrected chi connectivity index (χ0v) is 6.30. The first kappa shape index (κ1) is 6.13. The van der Waals surface area contributed by atoms with E-state index >= 15 is 0 Å². The summed E-state index contributed by atoms with van der Waals surface area (Å²) < 4.78 is 5.30. The van der Waals surface area contributed by atoms with Gasteiger partial charge in [-0.05, 0) is 11.4 Å². The van der Waals surface area contributed by atoms with E-state index in [0.717, 1.165) is 0 Å². The Balaban J connectivity index is 2.11. The molecular weight excluding hydrogens is 144 g/mol. The summed E-state index contributed by atoms with van der Waals surface area (Å²) in [5.74, 6) is 0. The minimum absolute atomic E-state index is 0.277. The van der Waals surface area contributed by atoms with Crippen LogP contribution in [-0.2, 0) is 4.74 Å². The minimum atomic E-state index is 0.277. The van der Waals surface area contributed by atoms with Gasteiger partial charge in [-0.2, -0.15) is 0 Å². The summed E-state index contributed by atoms with van der Waals surface area (Å²) in [6.07, 6.45) is 2.45. The lowest BCUT2D eigenvalue weighted by molar-refractivity contribution is 0.396. The van der Waals surface area contributed by atoms with E-state index in [2.05, 4.69) is 18.0 Å². The van der Waals surface area contributed by atoms with Crippen LogP contribution in [0.15, 0.2) is 30.2 Å². The quantitative estimate of drug-likeness (QED) is 0.468. The van der Waals surface area contributed by atoms with Gasteiger partial charge in [-0.15, -0.1) is 17.9 Å². The summed E-state index contributed by atoms with van der Waals surface area (Å²) in [6.45, 7) is 3.66. The van der Waals surface area contributed by atoms with Crippen molar-refractivity contribution >= 4 is 11.3 Å². The Kier molecular flexibility index (Phi) is 1.36. The van der Waals surface area contributed by atoms with Gasteiger partial charge in [-0.25, -0.2) is 0 Å². The number of epoxide rings is 1. The Morgan fingerprint density at radius 1 is 1.70 bits per heavy atom. The normalized spacial score (nSPS) is 30.0. The first-order valence-electron chi connectivity index (χ1n) is 3.23. The fourth-order valence-corrected chi connectivity index (χ4v) is 1.78. The number of hydrogen-bond donors (Lipinski definition) is 0. The van der Waals surface area contributed by atoms with Gasteiger partial charge in [0.2, 0.25) is 0 Å². The molecule has 0 unspecified atom stereocenters. The molecule has 2 atom stereocenters. The highest BCUT2D eigenvalue weighted by molar-refractivity contribution is 7.10. The predicted molar refractivity (Wildman–Crippen MR) is 42.1 cm³/mol. The SMILES string of the molecule is C=C[C@H]1O[C@H]1c1cccs1. The van der Waals surface area contributed by atoms with Gasteiger partial charge in [0.1, 0.15) is 12.2 Å². The summed E-state index contributed by atoms with van der Waals surface area (Å²) in [4.78, 5) is 1.31. The molecule has 1 aromatic rings. The highest BCUT2D eigenvalue weighted by atomic mass is 32.1. The smallest absolute Gasteiger partial charge is 0.122 e. The molecule has 0 bridgehead atoms. The van der Waals surface area contributed by atoms with Crippen molar-refractivity contribution in [1.29, 1.82) is 0 Å². The van der Waals surface area contributed by atoms with Crippen LogP contribution in [-0.4, -0.2) is 6.10 Å². The maximum Gasteiger partial charge on any atom is 0.122 e. The Morgan fingerprint density at radius 3 is 3.10 bits per heavy atom. The number of rotatable bonds is 2. The van der Waals surface area contributed by atoms with Gasteiger partial charge in [-0.1, -0.05) is 12.1 Å². The van der Waals surface area contributed by atoms with Crippen LogP contribution < -0.4 is 0 Å². The van der Waals surface area contributed by atoms with Crippen LogP contribution in [0.1, 0.15) is 11.0 Å². The molecule has 2 heterocycles. The highest BCUT2D eigenvalue weighted by Crippen LogP contribution is 2.41. The largest absolute Gasteiger partial charge is 0.359 e. The van der Waals surface area contributed by atoms with E-state index in [1.807, 2.05) is 12.1 Å². The molecule has 2 rings (SSSR count). The Morgan fingerprint density at radius 2 is 2.60 bits per heavy atom. The lowest BCUT2D eigenvalue weighted by Crippen LogP contribution is -1.76. The van der Waals surface area contributed by atoms with Crippen LogP contribution in [0.2, 0.25) is 0 Å². The molecule has 10 heavy (non-hydrogen) atoms. The van der Waals surface area contributed by atoms with E-state index in [1.54, 1.807) is 11.3 Å². The van der Waals surface area contributed by atoms with E-state index in [0.29, 0.717) is 6.10 Å². The summed E-state index contributed by atoms with van der Waals surface area (Å²) in [5.41, 5.74) is 0. The molecule has 0 aliphatic carbocycles. The van der Waals surface area contributed by atoms with Crippen molar-refractivity contribution in [2.24, 2.45) is 0 Å². The molecule has 1 aliphatic heterocycles. The molecule has 0 aromatic carbocycles. The third kappa shape index (κ3) is 0.895. The zero-order chi connectivity index (χ0) is 6.97. The fourth-order valence-electron chi connectivity index (χ4n) is 0.985. The lowest BCUT2D eigenvalue weighted by Gasteiger charge is -1.81. The van der Waals surface area contributed by atoms with Gasteiger partial charge < -0.3 is 4.74 Å². The number of ether oxygens (including phenoxy) is 1. The number of hydrogen-bond acceptors (Lipinski definition) is 2. The molecule has 1 saturated heterocycles. The average Bonchev–Trinajstić information content (AvgIpc) is 2.56. The van der Waals surface area contributed by atoms with Crippen LogP contribution in [0.25, 0.3) is 0 Å². The fraction of sp³-hybridized carbons (Fsp3) is 0.250. The van der Waals surface area contributed by atoms with Crippen LogP contribution in [0.5, 0.6) is 0 Å². The monoisotopic (exact) mass is 152 g/mol. The molecule has 1 nitrogen and oxygen atoms in total. The van der Waals surface area contributed by atoms with Crippen LogP contribution in [0.4, 0.5) is 0 Å². The second kappa shape index (κ2) is 2.22. The second-order valence-corrected chi connectivity index (χ2v) is 3.25. The maximum atomic E-state index is 5.30. The molecule has 1 fully saturated rings. The summed E-state index contributed by atoms with van der Waals surface area (Å²) in [6, 6.07) is 4.14. The van der Waals surface area contributed by atoms with Crippen molar-refractivity contribution < 1.29 is 4.74 Å². The van der Waals surface area contributed by atoms with E-state index in [4.69, 9.17) is 4.74 Å². The summed E-state index contributed by atoms with van der Waals surface area (Å²) in [7, 11) is 0. The molecule has 52 valence electrons. The molecule has 0 radical (unpaired) electrons. The van der Waals surface area contributed by atoms with Crippen LogP contribution >= 0.6 is 11.3 Å². The van der Waals surface area contributed by atoms with E-state index in [1.165, 1.54) is 4.88 Å². The predicted octanol–water partition coefficient (Wildman–Crippen LogP) is 2.37. The lowest BCUT2D eigenvalue weighted by atomic mass is 10.3. The van der Waals surface area contributed by atoms with Gasteiger partial charge >= 0.3 is 0 Å². The topological polar surface area (TPSA) is 12.5 Å². The average molecular weight is 152 g/mol. The van der Waals surface area contributed by atoms with Gasteiger partial charge in [0, 0.05) is 4.88 Å².